The van der Waals surface area contributed by atoms with E-state index in [9.17, 15) is 18.8 Å². The Morgan fingerprint density at radius 2 is 1.83 bits per heavy atom. The summed E-state index contributed by atoms with van der Waals surface area (Å²) in [5.74, 6) is -1.38. The van der Waals surface area contributed by atoms with E-state index in [0.29, 0.717) is 22.3 Å². The molecule has 2 amide bonds. The fraction of sp³-hybridized carbons (Fsp3) is 0.115. The van der Waals surface area contributed by atoms with Crippen molar-refractivity contribution in [1.82, 2.24) is 20.3 Å². The molecule has 2 heterocycles. The molecule has 1 aliphatic heterocycles. The molecule has 10 heteroatoms. The smallest absolute Gasteiger partial charge is 0.414 e. The molecule has 0 bridgehead atoms. The van der Waals surface area contributed by atoms with Gasteiger partial charge in [0, 0.05) is 11.6 Å². The van der Waals surface area contributed by atoms with Crippen molar-refractivity contribution in [3.8, 4) is 5.69 Å². The summed E-state index contributed by atoms with van der Waals surface area (Å²) in [6, 6.07) is 20.1. The molecule has 1 fully saturated rings. The Balaban J connectivity index is 1.20. The van der Waals surface area contributed by atoms with Gasteiger partial charge in [0.15, 0.2) is 11.6 Å². The molecule has 1 N–H and O–H groups in total. The van der Waals surface area contributed by atoms with Crippen LogP contribution in [0.2, 0.25) is 0 Å². The number of carbonyl (C=O) groups is 3. The van der Waals surface area contributed by atoms with Crippen LogP contribution >= 0.6 is 0 Å². The monoisotopic (exact) mass is 485 g/mol. The highest BCUT2D eigenvalue weighted by Crippen LogP contribution is 2.26. The lowest BCUT2D eigenvalue weighted by atomic mass is 10.1. The summed E-state index contributed by atoms with van der Waals surface area (Å²) in [4.78, 5) is 37.8. The molecule has 1 saturated heterocycles. The first-order valence-corrected chi connectivity index (χ1v) is 11.1. The Hall–Kier alpha value is -4.86. The van der Waals surface area contributed by atoms with E-state index in [0.717, 1.165) is 6.08 Å². The lowest BCUT2D eigenvalue weighted by Gasteiger charge is -2.14. The Morgan fingerprint density at radius 1 is 1.06 bits per heavy atom. The van der Waals surface area contributed by atoms with Crippen LogP contribution in [0.3, 0.4) is 0 Å². The van der Waals surface area contributed by atoms with Crippen LogP contribution in [-0.2, 0) is 9.53 Å². The van der Waals surface area contributed by atoms with Gasteiger partial charge in [-0.1, -0.05) is 47.7 Å². The topological polar surface area (TPSA) is 106 Å². The SMILES string of the molecule is O=C(/C=C\C(=O)c1ccccc1)NC[C@H]1CN(c2ccc(-n3nnc4ccccc43)c(F)c2)C(=O)O1. The van der Waals surface area contributed by atoms with Crippen LogP contribution in [0.15, 0.2) is 84.9 Å². The average molecular weight is 485 g/mol. The third-order valence-electron chi connectivity index (χ3n) is 5.65. The van der Waals surface area contributed by atoms with Gasteiger partial charge in [0.25, 0.3) is 0 Å². The minimum Gasteiger partial charge on any atom is -0.442 e. The molecule has 0 unspecified atom stereocenters. The summed E-state index contributed by atoms with van der Waals surface area (Å²) in [5, 5.41) is 10.7. The van der Waals surface area contributed by atoms with Gasteiger partial charge < -0.3 is 10.1 Å². The number of hydrogen-bond donors (Lipinski definition) is 1. The zero-order valence-corrected chi connectivity index (χ0v) is 18.9. The molecular weight excluding hydrogens is 465 g/mol. The second-order valence-corrected chi connectivity index (χ2v) is 8.05. The standard InChI is InChI=1S/C26H20FN5O4/c27-20-14-18(10-11-22(20)32-23-9-5-4-8-21(23)29-30-32)31-16-19(36-26(31)35)15-28-25(34)13-12-24(33)17-6-2-1-3-7-17/h1-14,19H,15-16H2,(H,28,34)/b13-12-/t19-/m0/s1. The fourth-order valence-corrected chi connectivity index (χ4v) is 3.84. The molecule has 0 saturated carbocycles. The maximum atomic E-state index is 15.0. The molecule has 0 spiro atoms. The van der Waals surface area contributed by atoms with E-state index < -0.39 is 23.9 Å². The molecule has 1 atom stereocenters. The molecule has 0 aliphatic carbocycles. The number of anilines is 1. The van der Waals surface area contributed by atoms with E-state index in [1.807, 2.05) is 12.1 Å². The molecule has 180 valence electrons. The van der Waals surface area contributed by atoms with Gasteiger partial charge in [-0.2, -0.15) is 0 Å². The van der Waals surface area contributed by atoms with Crippen molar-refractivity contribution in [2.75, 3.05) is 18.0 Å². The first-order chi connectivity index (χ1) is 17.5. The molecule has 5 rings (SSSR count). The summed E-state index contributed by atoms with van der Waals surface area (Å²) in [7, 11) is 0. The van der Waals surface area contributed by atoms with Crippen LogP contribution in [0.25, 0.3) is 16.7 Å². The molecular formula is C26H20FN5O4. The Bertz CT molecular complexity index is 1480. The quantitative estimate of drug-likeness (QED) is 0.318. The first kappa shape index (κ1) is 22.9. The van der Waals surface area contributed by atoms with Gasteiger partial charge in [0.05, 0.1) is 24.3 Å². The summed E-state index contributed by atoms with van der Waals surface area (Å²) < 4.78 is 21.7. The number of fused-ring (bicyclic) bond motifs is 1. The molecule has 4 aromatic rings. The van der Waals surface area contributed by atoms with Gasteiger partial charge in [0.1, 0.15) is 17.3 Å². The molecule has 1 aromatic heterocycles. The third-order valence-corrected chi connectivity index (χ3v) is 5.65. The van der Waals surface area contributed by atoms with Crippen molar-refractivity contribution < 1.29 is 23.5 Å². The van der Waals surface area contributed by atoms with Crippen molar-refractivity contribution in [1.29, 1.82) is 0 Å². The summed E-state index contributed by atoms with van der Waals surface area (Å²) in [6.07, 6.45) is 1.02. The predicted octanol–water partition coefficient (Wildman–Crippen LogP) is 3.44. The van der Waals surface area contributed by atoms with E-state index in [4.69, 9.17) is 4.74 Å². The van der Waals surface area contributed by atoms with Crippen LogP contribution in [0.1, 0.15) is 10.4 Å². The Morgan fingerprint density at radius 3 is 2.64 bits per heavy atom. The van der Waals surface area contributed by atoms with Crippen molar-refractivity contribution in [3.05, 3.63) is 96.3 Å². The number of ether oxygens (including phenoxy) is 1. The number of carbonyl (C=O) groups excluding carboxylic acids is 3. The fourth-order valence-electron chi connectivity index (χ4n) is 3.84. The van der Waals surface area contributed by atoms with Crippen molar-refractivity contribution >= 4 is 34.5 Å². The van der Waals surface area contributed by atoms with Crippen molar-refractivity contribution in [3.63, 3.8) is 0 Å². The highest BCUT2D eigenvalue weighted by molar-refractivity contribution is 6.07. The summed E-state index contributed by atoms with van der Waals surface area (Å²) in [6.45, 7) is 0.160. The molecule has 3 aromatic carbocycles. The molecule has 0 radical (unpaired) electrons. The van der Waals surface area contributed by atoms with Crippen LogP contribution in [0, 0.1) is 5.82 Å². The third kappa shape index (κ3) is 4.69. The maximum Gasteiger partial charge on any atom is 0.414 e. The number of nitrogens with one attached hydrogen (secondary N) is 1. The largest absolute Gasteiger partial charge is 0.442 e. The van der Waals surface area contributed by atoms with E-state index in [2.05, 4.69) is 15.6 Å². The number of allylic oxidation sites excluding steroid dienone is 1. The lowest BCUT2D eigenvalue weighted by Crippen LogP contribution is -2.33. The van der Waals surface area contributed by atoms with Gasteiger partial charge in [0.2, 0.25) is 5.91 Å². The zero-order valence-electron chi connectivity index (χ0n) is 18.9. The highest BCUT2D eigenvalue weighted by Gasteiger charge is 2.33. The highest BCUT2D eigenvalue weighted by atomic mass is 19.1. The number of rotatable bonds is 7. The number of para-hydroxylation sites is 1. The molecule has 36 heavy (non-hydrogen) atoms. The van der Waals surface area contributed by atoms with Crippen molar-refractivity contribution in [2.45, 2.75) is 6.10 Å². The predicted molar refractivity (Wildman–Crippen MR) is 129 cm³/mol. The number of amides is 2. The van der Waals surface area contributed by atoms with Gasteiger partial charge in [-0.25, -0.2) is 13.9 Å². The average Bonchev–Trinajstić information content (AvgIpc) is 3.50. The summed E-state index contributed by atoms with van der Waals surface area (Å²) >= 11 is 0. The van der Waals surface area contributed by atoms with E-state index in [1.54, 1.807) is 48.5 Å². The van der Waals surface area contributed by atoms with Crippen LogP contribution in [-0.4, -0.2) is 52.0 Å². The minimum atomic E-state index is -0.651. The number of cyclic esters (lactones) is 1. The lowest BCUT2D eigenvalue weighted by molar-refractivity contribution is -0.116. The number of benzene rings is 3. The zero-order chi connectivity index (χ0) is 25.1. The number of hydrogen-bond acceptors (Lipinski definition) is 6. The summed E-state index contributed by atoms with van der Waals surface area (Å²) in [5.41, 5.74) is 2.26. The van der Waals surface area contributed by atoms with Gasteiger partial charge in [-0.15, -0.1) is 5.10 Å². The van der Waals surface area contributed by atoms with Gasteiger partial charge >= 0.3 is 6.09 Å². The Labute approximate surface area is 204 Å². The second-order valence-electron chi connectivity index (χ2n) is 8.05. The van der Waals surface area contributed by atoms with Gasteiger partial charge in [-0.05, 0) is 36.4 Å². The Kier molecular flexibility index (Phi) is 6.23. The van der Waals surface area contributed by atoms with Crippen molar-refractivity contribution in [2.24, 2.45) is 0 Å². The van der Waals surface area contributed by atoms with Gasteiger partial charge in [-0.3, -0.25) is 14.5 Å². The molecule has 1 aliphatic rings. The van der Waals surface area contributed by atoms with E-state index in [-0.39, 0.29) is 24.6 Å². The minimum absolute atomic E-state index is 0.0381. The van der Waals surface area contributed by atoms with E-state index >= 15 is 0 Å². The second kappa shape index (κ2) is 9.79. The number of halogens is 1. The van der Waals surface area contributed by atoms with Crippen LogP contribution in [0.5, 0.6) is 0 Å². The van der Waals surface area contributed by atoms with Crippen LogP contribution in [0.4, 0.5) is 14.9 Å². The molecule has 9 nitrogen and oxygen atoms in total. The normalized spacial score (nSPS) is 15.4. The first-order valence-electron chi connectivity index (χ1n) is 11.1. The number of aromatic nitrogens is 3. The van der Waals surface area contributed by atoms with E-state index in [1.165, 1.54) is 27.8 Å². The van der Waals surface area contributed by atoms with Crippen LogP contribution < -0.4 is 10.2 Å². The maximum absolute atomic E-state index is 15.0. The number of ketones is 1. The number of nitrogens with zero attached hydrogens (tertiary/aromatic N) is 4.